The Hall–Kier alpha value is -2.38. The number of halogens is 2. The zero-order chi connectivity index (χ0) is 26.3. The minimum absolute atomic E-state index is 0.0330. The molecule has 2 fully saturated rings. The van der Waals surface area contributed by atoms with Gasteiger partial charge < -0.3 is 10.0 Å². The molecule has 0 saturated heterocycles. The lowest BCUT2D eigenvalue weighted by molar-refractivity contribution is -0.150. The molecular weight excluding hydrogens is 501 g/mol. The summed E-state index contributed by atoms with van der Waals surface area (Å²) in [6.45, 7) is 6.13. The van der Waals surface area contributed by atoms with Crippen LogP contribution in [-0.2, 0) is 4.79 Å². The van der Waals surface area contributed by atoms with Crippen LogP contribution in [0.2, 0.25) is 10.0 Å². The monoisotopic (exact) mass is 533 g/mol. The first-order valence-electron chi connectivity index (χ1n) is 12.5. The summed E-state index contributed by atoms with van der Waals surface area (Å²) in [7, 11) is 0. The molecule has 1 aromatic heterocycles. The number of aromatic nitrogens is 2. The first kappa shape index (κ1) is 26.7. The molecule has 9 heteroatoms. The number of nitrogens with zero attached hydrogens (tertiary/aromatic N) is 3. The summed E-state index contributed by atoms with van der Waals surface area (Å²) >= 11 is 12.5. The Kier molecular flexibility index (Phi) is 7.54. The topological polar surface area (TPSA) is 92.5 Å². The molecule has 0 radical (unpaired) electrons. The van der Waals surface area contributed by atoms with Crippen LogP contribution in [-0.4, -0.2) is 50.5 Å². The van der Waals surface area contributed by atoms with Gasteiger partial charge >= 0.3 is 5.97 Å². The number of aliphatic carboxylic acids is 1. The van der Waals surface area contributed by atoms with Crippen molar-refractivity contribution in [3.05, 3.63) is 51.3 Å². The number of benzene rings is 1. The van der Waals surface area contributed by atoms with E-state index >= 15 is 0 Å². The summed E-state index contributed by atoms with van der Waals surface area (Å²) in [6, 6.07) is 4.96. The zero-order valence-electron chi connectivity index (χ0n) is 21.0. The van der Waals surface area contributed by atoms with Crippen molar-refractivity contribution in [2.75, 3.05) is 13.1 Å². The normalized spacial score (nSPS) is 23.1. The van der Waals surface area contributed by atoms with Crippen molar-refractivity contribution in [2.45, 2.75) is 71.8 Å². The highest BCUT2D eigenvalue weighted by Gasteiger charge is 2.40. The first-order chi connectivity index (χ1) is 16.9. The molecule has 0 aliphatic heterocycles. The van der Waals surface area contributed by atoms with Crippen LogP contribution >= 0.6 is 23.2 Å². The molecule has 2 aliphatic rings. The summed E-state index contributed by atoms with van der Waals surface area (Å²) in [6.07, 6.45) is 7.18. The lowest BCUT2D eigenvalue weighted by Gasteiger charge is -2.42. The van der Waals surface area contributed by atoms with Gasteiger partial charge in [-0.05, 0) is 69.9 Å². The number of rotatable bonds is 8. The molecule has 194 valence electrons. The van der Waals surface area contributed by atoms with Crippen molar-refractivity contribution < 1.29 is 19.5 Å². The number of carbonyl (C=O) groups excluding carboxylic acids is 2. The fourth-order valence-corrected chi connectivity index (χ4v) is 6.09. The highest BCUT2D eigenvalue weighted by atomic mass is 35.5. The van der Waals surface area contributed by atoms with Gasteiger partial charge in [0.25, 0.3) is 5.91 Å². The summed E-state index contributed by atoms with van der Waals surface area (Å²) < 4.78 is 1.85. The van der Waals surface area contributed by atoms with Gasteiger partial charge in [-0.15, -0.1) is 0 Å². The standard InChI is InChI=1S/C27H33Cl2N3O4/c1-17-19(14-30-32(17)18-8-12-27(3,13-9-18)25(35)36)24(34)31(16-26(2)10-5-11-26)15-22(33)23-20(28)6-4-7-21(23)29/h4,6-7,14,18H,5,8-13,15-16H2,1-3H3,(H,35,36). The van der Waals surface area contributed by atoms with E-state index in [0.717, 1.165) is 25.0 Å². The van der Waals surface area contributed by atoms with Gasteiger partial charge in [0, 0.05) is 12.2 Å². The SMILES string of the molecule is Cc1c(C(=O)N(CC(=O)c2c(Cl)cccc2Cl)CC2(C)CCC2)cnn1C1CCC(C)(C(=O)O)CC1. The van der Waals surface area contributed by atoms with E-state index in [1.807, 2.05) is 11.6 Å². The molecule has 1 amide bonds. The maximum atomic E-state index is 13.8. The van der Waals surface area contributed by atoms with E-state index in [9.17, 15) is 19.5 Å². The number of Topliss-reactive ketones (excluding diaryl/α,β-unsaturated/α-hetero) is 1. The maximum Gasteiger partial charge on any atom is 0.309 e. The fraction of sp³-hybridized carbons (Fsp3) is 0.556. The number of carboxylic acid groups (broad SMARTS) is 1. The van der Waals surface area contributed by atoms with Crippen molar-refractivity contribution >= 4 is 40.9 Å². The van der Waals surface area contributed by atoms with Gasteiger partial charge in [-0.3, -0.25) is 19.1 Å². The summed E-state index contributed by atoms with van der Waals surface area (Å²) in [5, 5.41) is 14.6. The lowest BCUT2D eigenvalue weighted by Crippen LogP contribution is -2.45. The van der Waals surface area contributed by atoms with Crippen LogP contribution in [0.1, 0.15) is 91.2 Å². The van der Waals surface area contributed by atoms with Gasteiger partial charge in [-0.25, -0.2) is 0 Å². The van der Waals surface area contributed by atoms with Crippen molar-refractivity contribution in [2.24, 2.45) is 10.8 Å². The van der Waals surface area contributed by atoms with E-state index in [1.165, 1.54) is 0 Å². The summed E-state index contributed by atoms with van der Waals surface area (Å²) in [5.41, 5.74) is 0.673. The Balaban J connectivity index is 1.56. The van der Waals surface area contributed by atoms with Gasteiger partial charge in [-0.1, -0.05) is 42.6 Å². The van der Waals surface area contributed by atoms with Crippen molar-refractivity contribution in [3.63, 3.8) is 0 Å². The molecule has 1 N–H and O–H groups in total. The Morgan fingerprint density at radius 1 is 1.11 bits per heavy atom. The van der Waals surface area contributed by atoms with E-state index in [4.69, 9.17) is 23.2 Å². The fourth-order valence-electron chi connectivity index (χ4n) is 5.49. The number of ketones is 1. The predicted molar refractivity (Wildman–Crippen MR) is 139 cm³/mol. The zero-order valence-corrected chi connectivity index (χ0v) is 22.5. The van der Waals surface area contributed by atoms with E-state index in [2.05, 4.69) is 12.0 Å². The van der Waals surface area contributed by atoms with Gasteiger partial charge in [0.1, 0.15) is 0 Å². The summed E-state index contributed by atoms with van der Waals surface area (Å²) in [5.74, 6) is -1.31. The molecule has 4 rings (SSSR count). The van der Waals surface area contributed by atoms with E-state index in [1.54, 1.807) is 36.2 Å². The molecule has 0 atom stereocenters. The molecule has 2 aromatic rings. The van der Waals surface area contributed by atoms with E-state index < -0.39 is 11.4 Å². The molecule has 2 saturated carbocycles. The molecule has 36 heavy (non-hydrogen) atoms. The first-order valence-corrected chi connectivity index (χ1v) is 13.2. The number of hydrogen-bond donors (Lipinski definition) is 1. The third-order valence-corrected chi connectivity index (χ3v) is 8.82. The van der Waals surface area contributed by atoms with Crippen LogP contribution < -0.4 is 0 Å². The Labute approximate surface area is 221 Å². The second-order valence-corrected chi connectivity index (χ2v) is 11.8. The number of carboxylic acids is 1. The molecule has 1 aromatic carbocycles. The molecule has 0 bridgehead atoms. The van der Waals surface area contributed by atoms with Gasteiger partial charge in [0.15, 0.2) is 5.78 Å². The molecular formula is C27H33Cl2N3O4. The third kappa shape index (κ3) is 5.18. The summed E-state index contributed by atoms with van der Waals surface area (Å²) in [4.78, 5) is 40.3. The quantitative estimate of drug-likeness (QED) is 0.406. The minimum Gasteiger partial charge on any atom is -0.481 e. The molecule has 2 aliphatic carbocycles. The average Bonchev–Trinajstić information content (AvgIpc) is 3.18. The number of carbonyl (C=O) groups is 3. The number of amides is 1. The van der Waals surface area contributed by atoms with Crippen LogP contribution in [0, 0.1) is 17.8 Å². The second kappa shape index (κ2) is 10.2. The van der Waals surface area contributed by atoms with Crippen molar-refractivity contribution in [1.82, 2.24) is 14.7 Å². The van der Waals surface area contributed by atoms with E-state index in [-0.39, 0.29) is 45.3 Å². The van der Waals surface area contributed by atoms with E-state index in [0.29, 0.717) is 37.8 Å². The Morgan fingerprint density at radius 3 is 2.25 bits per heavy atom. The van der Waals surface area contributed by atoms with Crippen molar-refractivity contribution in [1.29, 1.82) is 0 Å². The minimum atomic E-state index is -0.766. The predicted octanol–water partition coefficient (Wildman–Crippen LogP) is 6.22. The van der Waals surface area contributed by atoms with Crippen LogP contribution in [0.3, 0.4) is 0 Å². The van der Waals surface area contributed by atoms with Crippen molar-refractivity contribution in [3.8, 4) is 0 Å². The van der Waals surface area contributed by atoms with Gasteiger partial charge in [0.05, 0.1) is 45.4 Å². The largest absolute Gasteiger partial charge is 0.481 e. The highest BCUT2D eigenvalue weighted by Crippen LogP contribution is 2.42. The Bertz CT molecular complexity index is 1160. The molecule has 7 nitrogen and oxygen atoms in total. The third-order valence-electron chi connectivity index (χ3n) is 8.19. The lowest BCUT2D eigenvalue weighted by atomic mass is 9.70. The van der Waals surface area contributed by atoms with Crippen LogP contribution in [0.15, 0.2) is 24.4 Å². The average molecular weight is 534 g/mol. The van der Waals surface area contributed by atoms with Crippen LogP contribution in [0.5, 0.6) is 0 Å². The number of hydrogen-bond acceptors (Lipinski definition) is 4. The smallest absolute Gasteiger partial charge is 0.309 e. The molecule has 1 heterocycles. The molecule has 0 unspecified atom stereocenters. The van der Waals surface area contributed by atoms with Gasteiger partial charge in [-0.2, -0.15) is 5.10 Å². The maximum absolute atomic E-state index is 13.8. The van der Waals surface area contributed by atoms with Gasteiger partial charge in [0.2, 0.25) is 0 Å². The highest BCUT2D eigenvalue weighted by molar-refractivity contribution is 6.40. The molecule has 0 spiro atoms. The van der Waals surface area contributed by atoms with Crippen LogP contribution in [0.25, 0.3) is 0 Å². The Morgan fingerprint density at radius 2 is 1.72 bits per heavy atom. The van der Waals surface area contributed by atoms with Crippen LogP contribution in [0.4, 0.5) is 0 Å². The second-order valence-electron chi connectivity index (χ2n) is 11.0.